The molecule has 1 atom stereocenters. The van der Waals surface area contributed by atoms with Crippen LogP contribution in [0.5, 0.6) is 0 Å². The Morgan fingerprint density at radius 3 is 2.45 bits per heavy atom. The van der Waals surface area contributed by atoms with E-state index in [4.69, 9.17) is 10.4 Å². The summed E-state index contributed by atoms with van der Waals surface area (Å²) in [6.07, 6.45) is 1.67. The van der Waals surface area contributed by atoms with Gasteiger partial charge in [-0.15, -0.1) is 0 Å². The fourth-order valence-electron chi connectivity index (χ4n) is 4.45. The zero-order chi connectivity index (χ0) is 23.1. The van der Waals surface area contributed by atoms with Crippen LogP contribution in [0.4, 0.5) is 0 Å². The first-order chi connectivity index (χ1) is 16.0. The van der Waals surface area contributed by atoms with Gasteiger partial charge in [0.2, 0.25) is 0 Å². The minimum absolute atomic E-state index is 0.0648. The van der Waals surface area contributed by atoms with E-state index in [0.717, 1.165) is 18.7 Å². The predicted molar refractivity (Wildman–Crippen MR) is 126 cm³/mol. The van der Waals surface area contributed by atoms with Gasteiger partial charge in [0.1, 0.15) is 16.8 Å². The highest BCUT2D eigenvalue weighted by molar-refractivity contribution is 5.97. The van der Waals surface area contributed by atoms with E-state index in [1.165, 1.54) is 4.40 Å². The number of carbonyl (C=O) groups excluding carboxylic acids is 1. The normalized spacial score (nSPS) is 15.8. The maximum atomic E-state index is 13.5. The van der Waals surface area contributed by atoms with Crippen molar-refractivity contribution >= 4 is 22.6 Å². The number of benzene rings is 1. The second kappa shape index (κ2) is 8.29. The van der Waals surface area contributed by atoms with Gasteiger partial charge in [-0.1, -0.05) is 36.4 Å². The number of hydrogen-bond donors (Lipinski definition) is 1. The molecule has 4 aromatic rings. The molecule has 1 amide bonds. The molecule has 0 aliphatic carbocycles. The molecule has 33 heavy (non-hydrogen) atoms. The number of rotatable bonds is 3. The van der Waals surface area contributed by atoms with Gasteiger partial charge in [-0.2, -0.15) is 0 Å². The van der Waals surface area contributed by atoms with E-state index in [1.807, 2.05) is 50.4 Å². The summed E-state index contributed by atoms with van der Waals surface area (Å²) >= 11 is 0. The molecule has 1 N–H and O–H groups in total. The summed E-state index contributed by atoms with van der Waals surface area (Å²) in [5.41, 5.74) is 1.91. The third-order valence-corrected chi connectivity index (χ3v) is 6.45. The third kappa shape index (κ3) is 3.62. The first kappa shape index (κ1) is 21.1. The van der Waals surface area contributed by atoms with Gasteiger partial charge in [-0.05, 0) is 37.7 Å². The molecule has 1 unspecified atom stereocenters. The van der Waals surface area contributed by atoms with Crippen molar-refractivity contribution in [3.63, 3.8) is 0 Å². The van der Waals surface area contributed by atoms with Crippen LogP contribution in [0.15, 0.2) is 65.6 Å². The van der Waals surface area contributed by atoms with Crippen molar-refractivity contribution in [3.05, 3.63) is 87.8 Å². The Morgan fingerprint density at radius 2 is 1.73 bits per heavy atom. The largest absolute Gasteiger partial charge is 0.336 e. The number of pyridine rings is 2. The average molecular weight is 443 g/mol. The molecule has 8 heteroatoms. The number of aromatic nitrogens is 3. The van der Waals surface area contributed by atoms with Crippen molar-refractivity contribution in [1.29, 1.82) is 5.41 Å². The van der Waals surface area contributed by atoms with Gasteiger partial charge in [0, 0.05) is 32.4 Å². The number of nitrogens with one attached hydrogen (secondary N) is 1. The molecule has 0 spiro atoms. The zero-order valence-corrected chi connectivity index (χ0v) is 18.7. The lowest BCUT2D eigenvalue weighted by atomic mass is 10.1. The van der Waals surface area contributed by atoms with Crippen LogP contribution in [-0.4, -0.2) is 62.9 Å². The van der Waals surface area contributed by atoms with E-state index in [2.05, 4.69) is 4.90 Å². The van der Waals surface area contributed by atoms with Crippen LogP contribution in [-0.2, 0) is 0 Å². The van der Waals surface area contributed by atoms with Crippen molar-refractivity contribution in [3.8, 4) is 0 Å². The SMILES string of the molecule is CC(c1ccccc1)n1c(=N)c(C(=O)N2CCN(C)CC2)cc2c(=O)n3ccccc3nc21. The van der Waals surface area contributed by atoms with Gasteiger partial charge in [-0.25, -0.2) is 4.98 Å². The first-order valence-corrected chi connectivity index (χ1v) is 11.1. The fraction of sp³-hybridized carbons (Fsp3) is 0.280. The second-order valence-electron chi connectivity index (χ2n) is 8.54. The zero-order valence-electron chi connectivity index (χ0n) is 18.7. The number of amides is 1. The van der Waals surface area contributed by atoms with Crippen molar-refractivity contribution < 1.29 is 4.79 Å². The van der Waals surface area contributed by atoms with Crippen molar-refractivity contribution in [2.24, 2.45) is 0 Å². The van der Waals surface area contributed by atoms with Gasteiger partial charge in [0.25, 0.3) is 11.5 Å². The van der Waals surface area contributed by atoms with Crippen LogP contribution in [0, 0.1) is 5.41 Å². The first-order valence-electron chi connectivity index (χ1n) is 11.1. The Bertz CT molecular complexity index is 1470. The second-order valence-corrected chi connectivity index (χ2v) is 8.54. The van der Waals surface area contributed by atoms with E-state index >= 15 is 0 Å². The summed E-state index contributed by atoms with van der Waals surface area (Å²) in [6.45, 7) is 4.71. The molecule has 168 valence electrons. The van der Waals surface area contributed by atoms with Gasteiger partial charge < -0.3 is 14.4 Å². The van der Waals surface area contributed by atoms with Crippen LogP contribution in [0.2, 0.25) is 0 Å². The summed E-state index contributed by atoms with van der Waals surface area (Å²) in [5, 5.41) is 9.36. The average Bonchev–Trinajstić information content (AvgIpc) is 2.84. The highest BCUT2D eigenvalue weighted by atomic mass is 16.2. The van der Waals surface area contributed by atoms with Crippen LogP contribution in [0.1, 0.15) is 28.9 Å². The molecule has 0 radical (unpaired) electrons. The van der Waals surface area contributed by atoms with Crippen molar-refractivity contribution in [1.82, 2.24) is 23.8 Å². The summed E-state index contributed by atoms with van der Waals surface area (Å²) in [4.78, 5) is 35.6. The smallest absolute Gasteiger partial charge is 0.267 e. The minimum Gasteiger partial charge on any atom is -0.336 e. The maximum Gasteiger partial charge on any atom is 0.267 e. The maximum absolute atomic E-state index is 13.5. The molecule has 4 heterocycles. The Morgan fingerprint density at radius 1 is 1.03 bits per heavy atom. The molecule has 1 saturated heterocycles. The molecule has 1 fully saturated rings. The molecule has 8 nitrogen and oxygen atoms in total. The molecular weight excluding hydrogens is 416 g/mol. The number of fused-ring (bicyclic) bond motifs is 2. The molecule has 1 aliphatic rings. The highest BCUT2D eigenvalue weighted by Gasteiger charge is 2.25. The van der Waals surface area contributed by atoms with E-state index in [-0.39, 0.29) is 28.6 Å². The molecule has 5 rings (SSSR count). The lowest BCUT2D eigenvalue weighted by Crippen LogP contribution is -2.48. The molecule has 1 aromatic carbocycles. The van der Waals surface area contributed by atoms with E-state index in [9.17, 15) is 9.59 Å². The number of carbonyl (C=O) groups is 1. The standard InChI is InChI=1S/C25H26N6O2/c1-17(18-8-4-3-5-9-18)31-22(26)19(24(32)29-14-12-28(2)13-15-29)16-20-23(31)27-21-10-6-7-11-30(21)25(20)33/h3-11,16-17,26H,12-15H2,1-2H3. The van der Waals surface area contributed by atoms with Gasteiger partial charge in [-0.3, -0.25) is 19.4 Å². The summed E-state index contributed by atoms with van der Waals surface area (Å²) < 4.78 is 3.19. The minimum atomic E-state index is -0.292. The van der Waals surface area contributed by atoms with E-state index in [1.54, 1.807) is 33.9 Å². The predicted octanol–water partition coefficient (Wildman–Crippen LogP) is 2.13. The topological polar surface area (TPSA) is 86.7 Å². The lowest BCUT2D eigenvalue weighted by molar-refractivity contribution is 0.0661. The quantitative estimate of drug-likeness (QED) is 0.493. The fourth-order valence-corrected chi connectivity index (χ4v) is 4.45. The molecule has 1 aliphatic heterocycles. The number of piperazine rings is 1. The van der Waals surface area contributed by atoms with Gasteiger partial charge in [0.15, 0.2) is 0 Å². The van der Waals surface area contributed by atoms with Crippen LogP contribution in [0.25, 0.3) is 16.7 Å². The van der Waals surface area contributed by atoms with Crippen LogP contribution in [0.3, 0.4) is 0 Å². The summed E-state index contributed by atoms with van der Waals surface area (Å²) in [7, 11) is 2.03. The molecule has 0 bridgehead atoms. The van der Waals surface area contributed by atoms with Crippen molar-refractivity contribution in [2.75, 3.05) is 33.2 Å². The third-order valence-electron chi connectivity index (χ3n) is 6.45. The van der Waals surface area contributed by atoms with Crippen molar-refractivity contribution in [2.45, 2.75) is 13.0 Å². The van der Waals surface area contributed by atoms with E-state index < -0.39 is 0 Å². The van der Waals surface area contributed by atoms with Gasteiger partial charge >= 0.3 is 0 Å². The van der Waals surface area contributed by atoms with Crippen LogP contribution < -0.4 is 11.0 Å². The number of likely N-dealkylation sites (N-methyl/N-ethyl adjacent to an activating group) is 1. The Hall–Kier alpha value is -3.78. The Kier molecular flexibility index (Phi) is 5.30. The lowest BCUT2D eigenvalue weighted by Gasteiger charge is -2.32. The Labute approximate surface area is 190 Å². The number of nitrogens with zero attached hydrogens (tertiary/aromatic N) is 5. The molecule has 0 saturated carbocycles. The van der Waals surface area contributed by atoms with E-state index in [0.29, 0.717) is 29.8 Å². The molecule has 3 aromatic heterocycles. The monoisotopic (exact) mass is 442 g/mol. The van der Waals surface area contributed by atoms with Gasteiger partial charge in [0.05, 0.1) is 17.0 Å². The van der Waals surface area contributed by atoms with Crippen LogP contribution >= 0.6 is 0 Å². The Balaban J connectivity index is 1.78. The highest BCUT2D eigenvalue weighted by Crippen LogP contribution is 2.21. The molecular formula is C25H26N6O2. The summed E-state index contributed by atoms with van der Waals surface area (Å²) in [6, 6.07) is 16.4. The number of hydrogen-bond acceptors (Lipinski definition) is 5. The summed E-state index contributed by atoms with van der Waals surface area (Å²) in [5.74, 6) is -0.221.